The van der Waals surface area contributed by atoms with E-state index in [4.69, 9.17) is 11.6 Å². The van der Waals surface area contributed by atoms with Crippen molar-refractivity contribution in [2.45, 2.75) is 13.3 Å². The first-order chi connectivity index (χ1) is 15.6. The Morgan fingerprint density at radius 2 is 1.88 bits per heavy atom. The van der Waals surface area contributed by atoms with Crippen LogP contribution in [0.15, 0.2) is 29.3 Å². The van der Waals surface area contributed by atoms with Crippen LogP contribution in [0.3, 0.4) is 0 Å². The van der Waals surface area contributed by atoms with Crippen molar-refractivity contribution < 1.29 is 17.2 Å². The minimum atomic E-state index is -3.97. The molecule has 2 atom stereocenters. The molecule has 12 heteroatoms. The highest BCUT2D eigenvalue weighted by atomic mass is 35.5. The number of nitrogens with one attached hydrogen (secondary N) is 2. The molecule has 1 saturated heterocycles. The van der Waals surface area contributed by atoms with Gasteiger partial charge in [-0.25, -0.2) is 13.8 Å². The number of anilines is 3. The Bertz CT molecular complexity index is 1470. The number of aryl methyl sites for hydroxylation is 2. The molecule has 2 fully saturated rings. The predicted octanol–water partition coefficient (Wildman–Crippen LogP) is 3.53. The zero-order valence-electron chi connectivity index (χ0n) is 17.7. The molecule has 2 N–H and O–H groups in total. The zero-order valence-corrected chi connectivity index (χ0v) is 19.3. The molecule has 0 spiro atoms. The Balaban J connectivity index is 1.53. The molecule has 2 aromatic carbocycles. The van der Waals surface area contributed by atoms with E-state index in [1.54, 1.807) is 26.1 Å². The third kappa shape index (κ3) is 3.73. The Labute approximate surface area is 193 Å². The molecule has 1 saturated carbocycles. The second-order valence-electron chi connectivity index (χ2n) is 8.51. The molecule has 174 valence electrons. The molecule has 33 heavy (non-hydrogen) atoms. The summed E-state index contributed by atoms with van der Waals surface area (Å²) >= 11 is 6.32. The van der Waals surface area contributed by atoms with Gasteiger partial charge in [0.25, 0.3) is 5.56 Å². The van der Waals surface area contributed by atoms with E-state index in [1.807, 2.05) is 0 Å². The smallest absolute Gasteiger partial charge is 0.301 e. The summed E-state index contributed by atoms with van der Waals surface area (Å²) in [5, 5.41) is 2.71. The molecule has 8 nitrogen and oxygen atoms in total. The van der Waals surface area contributed by atoms with Crippen molar-refractivity contribution in [2.24, 2.45) is 18.9 Å². The average Bonchev–Trinajstić information content (AvgIpc) is 3.37. The summed E-state index contributed by atoms with van der Waals surface area (Å²) in [5.41, 5.74) is 0.177. The van der Waals surface area contributed by atoms with E-state index in [1.165, 1.54) is 15.2 Å². The van der Waals surface area contributed by atoms with Crippen molar-refractivity contribution in [1.29, 1.82) is 0 Å². The monoisotopic (exact) mass is 495 g/mol. The highest BCUT2D eigenvalue weighted by Crippen LogP contribution is 2.46. The number of hydrogen-bond acceptors (Lipinski definition) is 5. The van der Waals surface area contributed by atoms with Crippen LogP contribution in [0.5, 0.6) is 0 Å². The first-order valence-corrected chi connectivity index (χ1v) is 12.1. The third-order valence-electron chi connectivity index (χ3n) is 6.29. The lowest BCUT2D eigenvalue weighted by Gasteiger charge is -2.21. The van der Waals surface area contributed by atoms with Crippen LogP contribution >= 0.6 is 11.6 Å². The Kier molecular flexibility index (Phi) is 5.11. The molecule has 1 aliphatic carbocycles. The predicted molar refractivity (Wildman–Crippen MR) is 122 cm³/mol. The molecular formula is C21H20ClF2N5O3S. The van der Waals surface area contributed by atoms with Gasteiger partial charge < -0.3 is 9.88 Å². The van der Waals surface area contributed by atoms with Gasteiger partial charge in [0, 0.05) is 31.9 Å². The maximum absolute atomic E-state index is 14.7. The fraction of sp³-hybridized carbons (Fsp3) is 0.333. The minimum Gasteiger partial charge on any atom is -0.352 e. The van der Waals surface area contributed by atoms with Gasteiger partial charge in [0.05, 0.1) is 33.6 Å². The fourth-order valence-corrected chi connectivity index (χ4v) is 5.90. The van der Waals surface area contributed by atoms with Crippen LogP contribution in [0.1, 0.15) is 12.0 Å². The Hall–Kier alpha value is -2.76. The van der Waals surface area contributed by atoms with Gasteiger partial charge in [-0.2, -0.15) is 12.7 Å². The van der Waals surface area contributed by atoms with E-state index in [0.29, 0.717) is 53.1 Å². The number of rotatable bonds is 5. The van der Waals surface area contributed by atoms with Crippen molar-refractivity contribution in [3.05, 3.63) is 57.1 Å². The van der Waals surface area contributed by atoms with Gasteiger partial charge in [0.2, 0.25) is 0 Å². The van der Waals surface area contributed by atoms with Crippen LogP contribution in [0.25, 0.3) is 10.9 Å². The molecule has 0 amide bonds. The van der Waals surface area contributed by atoms with Crippen molar-refractivity contribution in [3.63, 3.8) is 0 Å². The van der Waals surface area contributed by atoms with Crippen molar-refractivity contribution in [2.75, 3.05) is 23.1 Å². The molecular weight excluding hydrogens is 476 g/mol. The van der Waals surface area contributed by atoms with Crippen LogP contribution in [0.2, 0.25) is 5.02 Å². The van der Waals surface area contributed by atoms with E-state index < -0.39 is 27.5 Å². The Morgan fingerprint density at radius 1 is 1.18 bits per heavy atom. The van der Waals surface area contributed by atoms with Gasteiger partial charge in [0.1, 0.15) is 0 Å². The first-order valence-electron chi connectivity index (χ1n) is 10.2. The third-order valence-corrected chi connectivity index (χ3v) is 8.14. The summed E-state index contributed by atoms with van der Waals surface area (Å²) in [5.74, 6) is -1.83. The molecule has 0 radical (unpaired) electrons. The van der Waals surface area contributed by atoms with Gasteiger partial charge in [0.15, 0.2) is 11.6 Å². The molecule has 0 bridgehead atoms. The fourth-order valence-electron chi connectivity index (χ4n) is 4.27. The average molecular weight is 496 g/mol. The van der Waals surface area contributed by atoms with Crippen LogP contribution in [0.4, 0.5) is 25.8 Å². The zero-order chi connectivity index (χ0) is 23.7. The quantitative estimate of drug-likeness (QED) is 0.528. The molecule has 1 aliphatic heterocycles. The topological polar surface area (TPSA) is 96.3 Å². The summed E-state index contributed by atoms with van der Waals surface area (Å²) in [6.07, 6.45) is 2.40. The normalized spacial score (nSPS) is 20.2. The van der Waals surface area contributed by atoms with Crippen molar-refractivity contribution in [3.8, 4) is 0 Å². The largest absolute Gasteiger partial charge is 0.352 e. The summed E-state index contributed by atoms with van der Waals surface area (Å²) in [4.78, 5) is 16.8. The van der Waals surface area contributed by atoms with E-state index in [-0.39, 0.29) is 16.3 Å². The standard InChI is InChI=1S/C21H20ClF2N5O3S/c1-10-14(3-4-15-17(10)21(30)28(2)9-25-15)26-20-18(22)16(6-13(23)19(20)24)27-33(31,32)29-7-11-5-12(11)8-29/h3-4,6,9,11-12,26-27H,5,7-8H2,1-2H3. The maximum atomic E-state index is 14.7. The second kappa shape index (κ2) is 7.64. The SMILES string of the molecule is Cc1c(Nc2c(F)c(F)cc(NS(=O)(=O)N3CC4CC4C3)c2Cl)ccc2ncn(C)c(=O)c12. The van der Waals surface area contributed by atoms with Gasteiger partial charge in [-0.15, -0.1) is 0 Å². The highest BCUT2D eigenvalue weighted by Gasteiger charge is 2.48. The summed E-state index contributed by atoms with van der Waals surface area (Å²) in [7, 11) is -2.42. The number of fused-ring (bicyclic) bond motifs is 2. The lowest BCUT2D eigenvalue weighted by molar-refractivity contribution is 0.447. The van der Waals surface area contributed by atoms with Crippen LogP contribution in [-0.2, 0) is 17.3 Å². The molecule has 2 heterocycles. The first kappa shape index (κ1) is 22.1. The van der Waals surface area contributed by atoms with Gasteiger partial charge >= 0.3 is 10.2 Å². The summed E-state index contributed by atoms with van der Waals surface area (Å²) in [6.45, 7) is 2.43. The number of aromatic nitrogens is 2. The van der Waals surface area contributed by atoms with Crippen molar-refractivity contribution in [1.82, 2.24) is 13.9 Å². The van der Waals surface area contributed by atoms with E-state index >= 15 is 0 Å². The summed E-state index contributed by atoms with van der Waals surface area (Å²) < 4.78 is 59.5. The van der Waals surface area contributed by atoms with Crippen LogP contribution < -0.4 is 15.6 Å². The van der Waals surface area contributed by atoms with E-state index in [0.717, 1.165) is 6.42 Å². The van der Waals surface area contributed by atoms with E-state index in [2.05, 4.69) is 15.0 Å². The number of halogens is 3. The highest BCUT2D eigenvalue weighted by molar-refractivity contribution is 7.90. The minimum absolute atomic E-state index is 0.283. The van der Waals surface area contributed by atoms with Gasteiger partial charge in [-0.3, -0.25) is 9.52 Å². The molecule has 5 rings (SSSR count). The van der Waals surface area contributed by atoms with E-state index in [9.17, 15) is 22.0 Å². The number of hydrogen-bond donors (Lipinski definition) is 2. The van der Waals surface area contributed by atoms with Crippen LogP contribution in [-0.4, -0.2) is 35.4 Å². The number of nitrogens with zero attached hydrogens (tertiary/aromatic N) is 3. The van der Waals surface area contributed by atoms with Crippen LogP contribution in [0, 0.1) is 30.4 Å². The Morgan fingerprint density at radius 3 is 2.58 bits per heavy atom. The lowest BCUT2D eigenvalue weighted by atomic mass is 10.1. The maximum Gasteiger partial charge on any atom is 0.301 e. The summed E-state index contributed by atoms with van der Waals surface area (Å²) in [6, 6.07) is 3.84. The lowest BCUT2D eigenvalue weighted by Crippen LogP contribution is -2.35. The van der Waals surface area contributed by atoms with Gasteiger partial charge in [-0.1, -0.05) is 11.6 Å². The molecule has 2 unspecified atom stereocenters. The number of benzene rings is 2. The second-order valence-corrected chi connectivity index (χ2v) is 10.6. The van der Waals surface area contributed by atoms with Crippen molar-refractivity contribution >= 4 is 49.8 Å². The van der Waals surface area contributed by atoms with Gasteiger partial charge in [-0.05, 0) is 42.9 Å². The number of piperidine rings is 1. The molecule has 1 aromatic heterocycles. The molecule has 2 aliphatic rings. The molecule has 3 aromatic rings.